The van der Waals surface area contributed by atoms with Crippen molar-refractivity contribution in [1.29, 1.82) is 0 Å². The first-order valence-corrected chi connectivity index (χ1v) is 11.8. The number of aromatic nitrogens is 3. The van der Waals surface area contributed by atoms with Crippen LogP contribution in [0.25, 0.3) is 17.1 Å². The van der Waals surface area contributed by atoms with Gasteiger partial charge in [-0.2, -0.15) is 4.68 Å². The number of hydrogen-bond acceptors (Lipinski definition) is 8. The second-order valence-electron chi connectivity index (χ2n) is 8.06. The number of oxime groups is 1. The average Bonchev–Trinajstić information content (AvgIpc) is 3.27. The number of halogens is 2. The van der Waals surface area contributed by atoms with Crippen molar-refractivity contribution >= 4 is 29.4 Å². The van der Waals surface area contributed by atoms with E-state index in [9.17, 15) is 4.79 Å². The number of rotatable bonds is 8. The third-order valence-corrected chi connectivity index (χ3v) is 6.60. The summed E-state index contributed by atoms with van der Waals surface area (Å²) in [6, 6.07) is 12.1. The van der Waals surface area contributed by atoms with E-state index in [1.165, 1.54) is 4.68 Å². The van der Waals surface area contributed by atoms with Gasteiger partial charge >= 0.3 is 5.69 Å². The molecule has 0 bridgehead atoms. The Morgan fingerprint density at radius 1 is 1.00 bits per heavy atom. The zero-order valence-electron chi connectivity index (χ0n) is 20.1. The molecular formula is C24H26Cl2N4O6. The summed E-state index contributed by atoms with van der Waals surface area (Å²) >= 11 is 12.0. The Morgan fingerprint density at radius 3 is 2.33 bits per heavy atom. The van der Waals surface area contributed by atoms with Crippen molar-refractivity contribution in [3.05, 3.63) is 68.6 Å². The number of methoxy groups -OCH3 is 3. The van der Waals surface area contributed by atoms with E-state index in [1.807, 2.05) is 19.1 Å². The van der Waals surface area contributed by atoms with E-state index in [-0.39, 0.29) is 18.3 Å². The van der Waals surface area contributed by atoms with E-state index in [1.54, 1.807) is 57.9 Å². The summed E-state index contributed by atoms with van der Waals surface area (Å²) in [6.45, 7) is 1.87. The van der Waals surface area contributed by atoms with Crippen molar-refractivity contribution in [3.8, 4) is 17.1 Å². The van der Waals surface area contributed by atoms with Gasteiger partial charge in [0.05, 0.1) is 28.1 Å². The van der Waals surface area contributed by atoms with Crippen LogP contribution in [-0.4, -0.2) is 73.0 Å². The smallest absolute Gasteiger partial charge is 0.348 e. The molecule has 0 spiro atoms. The molecule has 10 nitrogen and oxygen atoms in total. The summed E-state index contributed by atoms with van der Waals surface area (Å²) < 4.78 is 23.7. The highest BCUT2D eigenvalue weighted by Crippen LogP contribution is 2.28. The minimum atomic E-state index is -0.771. The molecule has 0 radical (unpaired) electrons. The Labute approximate surface area is 217 Å². The van der Waals surface area contributed by atoms with Crippen LogP contribution in [0.5, 0.6) is 0 Å². The van der Waals surface area contributed by atoms with Crippen molar-refractivity contribution in [2.45, 2.75) is 37.6 Å². The second kappa shape index (κ2) is 11.5. The van der Waals surface area contributed by atoms with Crippen molar-refractivity contribution in [2.75, 3.05) is 21.3 Å². The lowest BCUT2D eigenvalue weighted by atomic mass is 9.99. The Hall–Kier alpha value is -2.73. The van der Waals surface area contributed by atoms with E-state index in [2.05, 4.69) is 15.2 Å². The number of H-pyrrole nitrogens is 1. The van der Waals surface area contributed by atoms with Crippen LogP contribution in [0.4, 0.5) is 0 Å². The van der Waals surface area contributed by atoms with E-state index < -0.39 is 18.1 Å². The van der Waals surface area contributed by atoms with Crippen molar-refractivity contribution in [1.82, 2.24) is 14.8 Å². The molecule has 5 atom stereocenters. The highest BCUT2D eigenvalue weighted by molar-refractivity contribution is 6.42. The minimum Gasteiger partial charge on any atom is -0.376 e. The summed E-state index contributed by atoms with van der Waals surface area (Å²) in [5.41, 5.74) is 1.57. The second-order valence-corrected chi connectivity index (χ2v) is 8.88. The molecule has 0 amide bonds. The molecule has 0 unspecified atom stereocenters. The first kappa shape index (κ1) is 26.3. The maximum Gasteiger partial charge on any atom is 0.348 e. The lowest BCUT2D eigenvalue weighted by Crippen LogP contribution is -2.59. The van der Waals surface area contributed by atoms with Crippen LogP contribution in [0.1, 0.15) is 12.5 Å². The molecule has 2 aromatic carbocycles. The van der Waals surface area contributed by atoms with Crippen LogP contribution in [0.2, 0.25) is 10.0 Å². The molecule has 1 aromatic heterocycles. The van der Waals surface area contributed by atoms with Gasteiger partial charge in [0, 0.05) is 26.9 Å². The minimum absolute atomic E-state index is 0.281. The number of hydrogen-bond donors (Lipinski definition) is 1. The SMILES string of the molecule is CO[C@@H]1[C@@H](OC)[C@H](C)O[C@@H](O/N=C/c2ccc(-c3nn(-c4ccc(Cl)c(Cl)c4)c(=O)[nH]3)cc2)[C@@H]1OC. The van der Waals surface area contributed by atoms with Crippen molar-refractivity contribution < 1.29 is 23.8 Å². The van der Waals surface area contributed by atoms with Crippen LogP contribution >= 0.6 is 23.2 Å². The molecule has 0 saturated carbocycles. The summed E-state index contributed by atoms with van der Waals surface area (Å²) in [6.07, 6.45) is -0.717. The fourth-order valence-corrected chi connectivity index (χ4v) is 4.32. The molecule has 3 aromatic rings. The van der Waals surface area contributed by atoms with Gasteiger partial charge < -0.3 is 23.8 Å². The lowest BCUT2D eigenvalue weighted by Gasteiger charge is -2.42. The van der Waals surface area contributed by atoms with E-state index >= 15 is 0 Å². The van der Waals surface area contributed by atoms with Crippen molar-refractivity contribution in [3.63, 3.8) is 0 Å². The van der Waals surface area contributed by atoms with Crippen LogP contribution in [0, 0.1) is 0 Å². The Bertz CT molecular complexity index is 1260. The maximum absolute atomic E-state index is 12.4. The topological polar surface area (TPSA) is 109 Å². The fraction of sp³-hybridized carbons (Fsp3) is 0.375. The van der Waals surface area contributed by atoms with Gasteiger partial charge in [-0.05, 0) is 30.7 Å². The Morgan fingerprint density at radius 2 is 1.69 bits per heavy atom. The highest BCUT2D eigenvalue weighted by Gasteiger charge is 2.46. The summed E-state index contributed by atoms with van der Waals surface area (Å²) in [5, 5.41) is 9.15. The molecule has 1 aliphatic rings. The van der Waals surface area contributed by atoms with Gasteiger partial charge in [-0.1, -0.05) is 52.6 Å². The molecular weight excluding hydrogens is 511 g/mol. The molecule has 1 fully saturated rings. The van der Waals surface area contributed by atoms with Gasteiger partial charge in [-0.15, -0.1) is 5.10 Å². The third-order valence-electron chi connectivity index (χ3n) is 5.86. The van der Waals surface area contributed by atoms with E-state index in [0.29, 0.717) is 27.1 Å². The molecule has 1 aliphatic heterocycles. The normalized spacial score (nSPS) is 24.3. The number of nitrogens with one attached hydrogen (secondary N) is 1. The van der Waals surface area contributed by atoms with Gasteiger partial charge in [-0.3, -0.25) is 4.98 Å². The lowest BCUT2D eigenvalue weighted by molar-refractivity contribution is -0.305. The first-order valence-electron chi connectivity index (χ1n) is 11.0. The molecule has 12 heteroatoms. The molecule has 1 saturated heterocycles. The highest BCUT2D eigenvalue weighted by atomic mass is 35.5. The monoisotopic (exact) mass is 536 g/mol. The summed E-state index contributed by atoms with van der Waals surface area (Å²) in [4.78, 5) is 20.8. The van der Waals surface area contributed by atoms with Crippen LogP contribution in [0.15, 0.2) is 52.4 Å². The average molecular weight is 537 g/mol. The molecule has 0 aliphatic carbocycles. The van der Waals surface area contributed by atoms with E-state index in [4.69, 9.17) is 47.0 Å². The Kier molecular flexibility index (Phi) is 8.45. The van der Waals surface area contributed by atoms with Crippen molar-refractivity contribution in [2.24, 2.45) is 5.16 Å². The van der Waals surface area contributed by atoms with Gasteiger partial charge in [0.2, 0.25) is 0 Å². The van der Waals surface area contributed by atoms with Crippen LogP contribution in [0.3, 0.4) is 0 Å². The number of benzene rings is 2. The van der Waals surface area contributed by atoms with Gasteiger partial charge in [0.15, 0.2) is 11.9 Å². The molecule has 192 valence electrons. The number of nitrogens with zero attached hydrogens (tertiary/aromatic N) is 3. The van der Waals surface area contributed by atoms with Gasteiger partial charge in [0.25, 0.3) is 6.29 Å². The standard InChI is InChI=1S/C24H26Cl2N4O6/c1-13-19(32-2)20(33-3)21(34-4)23(35-13)36-27-12-14-5-7-15(8-6-14)22-28-24(31)30(29-22)16-9-10-17(25)18(26)11-16/h5-13,19-21,23H,1-4H3,(H,28,29,31)/b27-12+/t13-,19-,20+,21+,23-/m0/s1. The van der Waals surface area contributed by atoms with E-state index in [0.717, 1.165) is 5.56 Å². The largest absolute Gasteiger partial charge is 0.376 e. The fourth-order valence-electron chi connectivity index (χ4n) is 4.02. The zero-order chi connectivity index (χ0) is 25.8. The number of aromatic amines is 1. The number of ether oxygens (including phenoxy) is 4. The molecule has 1 N–H and O–H groups in total. The quantitative estimate of drug-likeness (QED) is 0.345. The zero-order valence-corrected chi connectivity index (χ0v) is 21.6. The summed E-state index contributed by atoms with van der Waals surface area (Å²) in [7, 11) is 4.73. The van der Waals surface area contributed by atoms with Crippen LogP contribution < -0.4 is 5.69 Å². The predicted octanol–water partition coefficient (Wildman–Crippen LogP) is 3.67. The molecule has 2 heterocycles. The summed E-state index contributed by atoms with van der Waals surface area (Å²) in [5.74, 6) is 0.400. The molecule has 36 heavy (non-hydrogen) atoms. The van der Waals surface area contributed by atoms with Gasteiger partial charge in [0.1, 0.15) is 12.2 Å². The Balaban J connectivity index is 1.45. The van der Waals surface area contributed by atoms with Crippen LogP contribution in [-0.2, 0) is 23.8 Å². The van der Waals surface area contributed by atoms with Gasteiger partial charge in [-0.25, -0.2) is 4.79 Å². The maximum atomic E-state index is 12.4. The predicted molar refractivity (Wildman–Crippen MR) is 135 cm³/mol. The first-order chi connectivity index (χ1) is 17.4. The molecule has 4 rings (SSSR count). The third kappa shape index (κ3) is 5.49.